The Kier molecular flexibility index (Phi) is 6.79. The Bertz CT molecular complexity index is 835. The van der Waals surface area contributed by atoms with Crippen molar-refractivity contribution in [2.45, 2.75) is 59.5 Å². The van der Waals surface area contributed by atoms with Crippen molar-refractivity contribution >= 4 is 5.91 Å². The minimum Gasteiger partial charge on any atom is -0.376 e. The Hall–Kier alpha value is -2.27. The van der Waals surface area contributed by atoms with E-state index in [0.29, 0.717) is 12.1 Å². The molecular formula is C23H31N3O2. The highest BCUT2D eigenvalue weighted by atomic mass is 16.5. The van der Waals surface area contributed by atoms with Crippen LogP contribution in [0.1, 0.15) is 60.5 Å². The first-order chi connectivity index (χ1) is 13.5. The Balaban J connectivity index is 1.85. The number of amides is 1. The molecule has 0 radical (unpaired) electrons. The molecule has 1 aliphatic rings. The monoisotopic (exact) mass is 381 g/mol. The lowest BCUT2D eigenvalue weighted by Crippen LogP contribution is -2.43. The normalized spacial score (nSPS) is 17.0. The van der Waals surface area contributed by atoms with E-state index in [4.69, 9.17) is 4.74 Å². The summed E-state index contributed by atoms with van der Waals surface area (Å²) in [5.41, 5.74) is 4.77. The second kappa shape index (κ2) is 9.28. The number of benzene rings is 1. The second-order valence-electron chi connectivity index (χ2n) is 7.50. The smallest absolute Gasteiger partial charge is 0.253 e. The fraction of sp³-hybridized carbons (Fsp3) is 0.522. The predicted molar refractivity (Wildman–Crippen MR) is 111 cm³/mol. The van der Waals surface area contributed by atoms with Gasteiger partial charge >= 0.3 is 0 Å². The largest absolute Gasteiger partial charge is 0.376 e. The van der Waals surface area contributed by atoms with Gasteiger partial charge in [0, 0.05) is 36.5 Å². The van der Waals surface area contributed by atoms with Gasteiger partial charge < -0.3 is 9.64 Å². The summed E-state index contributed by atoms with van der Waals surface area (Å²) in [4.78, 5) is 24.2. The fourth-order valence-corrected chi connectivity index (χ4v) is 3.92. The minimum absolute atomic E-state index is 0.0761. The van der Waals surface area contributed by atoms with Gasteiger partial charge in [0.05, 0.1) is 11.8 Å². The average molecular weight is 382 g/mol. The molecule has 5 heteroatoms. The van der Waals surface area contributed by atoms with E-state index in [1.807, 2.05) is 43.0 Å². The number of piperidine rings is 1. The first-order valence-corrected chi connectivity index (χ1v) is 10.4. The molecular weight excluding hydrogens is 350 g/mol. The molecule has 2 aromatic rings. The third-order valence-electron chi connectivity index (χ3n) is 5.29. The molecule has 0 N–H and O–H groups in total. The number of likely N-dealkylation sites (tertiary alicyclic amines) is 1. The van der Waals surface area contributed by atoms with Crippen molar-refractivity contribution in [1.29, 1.82) is 0 Å². The number of aromatic nitrogens is 2. The maximum Gasteiger partial charge on any atom is 0.253 e. The van der Waals surface area contributed by atoms with E-state index in [1.165, 1.54) is 0 Å². The summed E-state index contributed by atoms with van der Waals surface area (Å²) >= 11 is 0. The van der Waals surface area contributed by atoms with Gasteiger partial charge in [-0.15, -0.1) is 0 Å². The lowest BCUT2D eigenvalue weighted by molar-refractivity contribution is 0.00211. The van der Waals surface area contributed by atoms with Gasteiger partial charge in [-0.1, -0.05) is 26.0 Å². The molecule has 0 saturated carbocycles. The van der Waals surface area contributed by atoms with Gasteiger partial charge in [-0.05, 0) is 57.2 Å². The number of hydrogen-bond acceptors (Lipinski definition) is 4. The molecule has 3 rings (SSSR count). The molecule has 1 aromatic heterocycles. The average Bonchev–Trinajstić information content (AvgIpc) is 2.71. The Labute approximate surface area is 168 Å². The van der Waals surface area contributed by atoms with Crippen LogP contribution in [0, 0.1) is 13.8 Å². The van der Waals surface area contributed by atoms with E-state index in [1.54, 1.807) is 0 Å². The van der Waals surface area contributed by atoms with Gasteiger partial charge in [0.25, 0.3) is 5.91 Å². The summed E-state index contributed by atoms with van der Waals surface area (Å²) in [6, 6.07) is 7.85. The molecule has 28 heavy (non-hydrogen) atoms. The number of ether oxygens (including phenoxy) is 1. The molecule has 5 nitrogen and oxygen atoms in total. The first-order valence-electron chi connectivity index (χ1n) is 10.4. The number of aryl methyl sites for hydroxylation is 2. The lowest BCUT2D eigenvalue weighted by atomic mass is 9.99. The fourth-order valence-electron chi connectivity index (χ4n) is 3.92. The lowest BCUT2D eigenvalue weighted by Gasteiger charge is -2.32. The summed E-state index contributed by atoms with van der Waals surface area (Å²) in [6.07, 6.45) is 4.04. The number of rotatable bonds is 6. The Morgan fingerprint density at radius 1 is 1.25 bits per heavy atom. The maximum absolute atomic E-state index is 13.1. The van der Waals surface area contributed by atoms with E-state index in [9.17, 15) is 4.79 Å². The molecule has 1 fully saturated rings. The molecule has 0 aliphatic carbocycles. The van der Waals surface area contributed by atoms with Crippen LogP contribution in [-0.2, 0) is 11.2 Å². The standard InChI is InChI=1S/C23H31N3O2/c1-5-13-28-20-11-8-12-26(15-20)23(27)19-10-7-9-18(14-19)22-21(6-2)16(3)24-17(4)25-22/h7,9-10,14,20H,5-6,8,11-13,15H2,1-4H3. The molecule has 1 atom stereocenters. The number of hydrogen-bond donors (Lipinski definition) is 0. The molecule has 0 bridgehead atoms. The van der Waals surface area contributed by atoms with Crippen LogP contribution in [0.5, 0.6) is 0 Å². The molecule has 1 amide bonds. The van der Waals surface area contributed by atoms with Gasteiger partial charge in [-0.2, -0.15) is 0 Å². The summed E-state index contributed by atoms with van der Waals surface area (Å²) in [7, 11) is 0. The second-order valence-corrected chi connectivity index (χ2v) is 7.50. The third-order valence-corrected chi connectivity index (χ3v) is 5.29. The van der Waals surface area contributed by atoms with Crippen LogP contribution in [-0.4, -0.2) is 46.6 Å². The molecule has 2 heterocycles. The van der Waals surface area contributed by atoms with Crippen LogP contribution < -0.4 is 0 Å². The molecule has 1 unspecified atom stereocenters. The first kappa shape index (κ1) is 20.5. The van der Waals surface area contributed by atoms with E-state index >= 15 is 0 Å². The Morgan fingerprint density at radius 2 is 2.07 bits per heavy atom. The number of carbonyl (C=O) groups excluding carboxylic acids is 1. The topological polar surface area (TPSA) is 55.3 Å². The van der Waals surface area contributed by atoms with Gasteiger partial charge in [0.2, 0.25) is 0 Å². The van der Waals surface area contributed by atoms with Gasteiger partial charge in [-0.3, -0.25) is 4.79 Å². The van der Waals surface area contributed by atoms with Crippen molar-refractivity contribution in [2.75, 3.05) is 19.7 Å². The number of nitrogens with zero attached hydrogens (tertiary/aromatic N) is 3. The van der Waals surface area contributed by atoms with E-state index in [2.05, 4.69) is 23.8 Å². The molecule has 1 aliphatic heterocycles. The minimum atomic E-state index is 0.0761. The summed E-state index contributed by atoms with van der Waals surface area (Å²) in [5.74, 6) is 0.834. The number of carbonyl (C=O) groups is 1. The SMILES string of the molecule is CCCOC1CCCN(C(=O)c2cccc(-c3nc(C)nc(C)c3CC)c2)C1. The summed E-state index contributed by atoms with van der Waals surface area (Å²) in [5, 5.41) is 0. The Morgan fingerprint density at radius 3 is 2.82 bits per heavy atom. The molecule has 1 saturated heterocycles. The highest BCUT2D eigenvalue weighted by Crippen LogP contribution is 2.26. The van der Waals surface area contributed by atoms with Gasteiger partial charge in [0.15, 0.2) is 0 Å². The van der Waals surface area contributed by atoms with Crippen LogP contribution in [0.15, 0.2) is 24.3 Å². The predicted octanol–water partition coefficient (Wildman–Crippen LogP) is 4.35. The van der Waals surface area contributed by atoms with Crippen molar-refractivity contribution in [3.63, 3.8) is 0 Å². The van der Waals surface area contributed by atoms with Crippen molar-refractivity contribution in [2.24, 2.45) is 0 Å². The van der Waals surface area contributed by atoms with E-state index in [0.717, 1.165) is 67.2 Å². The van der Waals surface area contributed by atoms with Crippen LogP contribution in [0.25, 0.3) is 11.3 Å². The van der Waals surface area contributed by atoms with E-state index in [-0.39, 0.29) is 12.0 Å². The zero-order chi connectivity index (χ0) is 20.1. The van der Waals surface area contributed by atoms with E-state index < -0.39 is 0 Å². The van der Waals surface area contributed by atoms with Crippen molar-refractivity contribution < 1.29 is 9.53 Å². The molecule has 0 spiro atoms. The molecule has 1 aromatic carbocycles. The van der Waals surface area contributed by atoms with Crippen molar-refractivity contribution in [3.05, 3.63) is 46.9 Å². The van der Waals surface area contributed by atoms with Crippen LogP contribution in [0.3, 0.4) is 0 Å². The van der Waals surface area contributed by atoms with Crippen molar-refractivity contribution in [3.8, 4) is 11.3 Å². The molecule has 150 valence electrons. The van der Waals surface area contributed by atoms with Crippen molar-refractivity contribution in [1.82, 2.24) is 14.9 Å². The van der Waals surface area contributed by atoms with Crippen LogP contribution >= 0.6 is 0 Å². The summed E-state index contributed by atoms with van der Waals surface area (Å²) < 4.78 is 5.89. The highest BCUT2D eigenvalue weighted by Gasteiger charge is 2.25. The van der Waals surface area contributed by atoms with Crippen LogP contribution in [0.4, 0.5) is 0 Å². The maximum atomic E-state index is 13.1. The zero-order valence-electron chi connectivity index (χ0n) is 17.5. The van der Waals surface area contributed by atoms with Gasteiger partial charge in [0.1, 0.15) is 5.82 Å². The highest BCUT2D eigenvalue weighted by molar-refractivity contribution is 5.95. The quantitative estimate of drug-likeness (QED) is 0.746. The van der Waals surface area contributed by atoms with Crippen LogP contribution in [0.2, 0.25) is 0 Å². The third kappa shape index (κ3) is 4.58. The zero-order valence-corrected chi connectivity index (χ0v) is 17.5. The summed E-state index contributed by atoms with van der Waals surface area (Å²) in [6.45, 7) is 10.4. The van der Waals surface area contributed by atoms with Gasteiger partial charge in [-0.25, -0.2) is 9.97 Å².